The van der Waals surface area contributed by atoms with Crippen molar-refractivity contribution in [3.05, 3.63) is 58.7 Å². The van der Waals surface area contributed by atoms with Crippen molar-refractivity contribution in [1.82, 2.24) is 10.0 Å². The zero-order valence-corrected chi connectivity index (χ0v) is 17.9. The van der Waals surface area contributed by atoms with Gasteiger partial charge in [-0.05, 0) is 56.0 Å². The number of imide groups is 1. The minimum Gasteiger partial charge on any atom is -0.497 e. The van der Waals surface area contributed by atoms with Gasteiger partial charge in [0.1, 0.15) is 11.8 Å². The first kappa shape index (κ1) is 19.3. The third kappa shape index (κ3) is 2.63. The Morgan fingerprint density at radius 3 is 2.07 bits per heavy atom. The van der Waals surface area contributed by atoms with Gasteiger partial charge < -0.3 is 4.74 Å². The molecule has 30 heavy (non-hydrogen) atoms. The maximum Gasteiger partial charge on any atom is 0.253 e. The number of ether oxygens (including phenoxy) is 1. The van der Waals surface area contributed by atoms with Crippen LogP contribution in [0.15, 0.2) is 36.4 Å². The largest absolute Gasteiger partial charge is 0.497 e. The Morgan fingerprint density at radius 2 is 1.47 bits per heavy atom. The van der Waals surface area contributed by atoms with Crippen LogP contribution >= 0.6 is 0 Å². The second kappa shape index (κ2) is 6.93. The van der Waals surface area contributed by atoms with Gasteiger partial charge in [0.15, 0.2) is 0 Å². The first-order valence-corrected chi connectivity index (χ1v) is 10.5. The maximum atomic E-state index is 13.8. The van der Waals surface area contributed by atoms with Crippen LogP contribution in [0.5, 0.6) is 5.75 Å². The highest BCUT2D eigenvalue weighted by Crippen LogP contribution is 2.49. The molecule has 2 amide bonds. The average molecular weight is 405 g/mol. The minimum atomic E-state index is -0.424. The Hall–Kier alpha value is -2.70. The fourth-order valence-corrected chi connectivity index (χ4v) is 5.66. The van der Waals surface area contributed by atoms with Crippen molar-refractivity contribution in [1.29, 1.82) is 0 Å². The van der Waals surface area contributed by atoms with E-state index in [1.807, 2.05) is 57.2 Å². The van der Waals surface area contributed by atoms with Gasteiger partial charge in [0.25, 0.3) is 5.91 Å². The van der Waals surface area contributed by atoms with E-state index in [0.717, 1.165) is 53.2 Å². The van der Waals surface area contributed by atoms with Crippen LogP contribution < -0.4 is 9.64 Å². The predicted octanol–water partition coefficient (Wildman–Crippen LogP) is 3.16. The molecule has 2 aromatic carbocycles. The first-order chi connectivity index (χ1) is 14.4. The van der Waals surface area contributed by atoms with Crippen LogP contribution in [0.3, 0.4) is 0 Å². The van der Waals surface area contributed by atoms with Crippen molar-refractivity contribution >= 4 is 17.5 Å². The van der Waals surface area contributed by atoms with Crippen LogP contribution in [0.1, 0.15) is 34.7 Å². The molecule has 2 aromatic rings. The number of carbonyl (C=O) groups is 2. The molecular formula is C24H27N3O3. The van der Waals surface area contributed by atoms with E-state index in [2.05, 4.69) is 10.0 Å². The minimum absolute atomic E-state index is 0.0877. The van der Waals surface area contributed by atoms with Crippen LogP contribution in [-0.4, -0.2) is 48.1 Å². The summed E-state index contributed by atoms with van der Waals surface area (Å²) < 4.78 is 5.30. The average Bonchev–Trinajstić information content (AvgIpc) is 3.35. The van der Waals surface area contributed by atoms with Crippen molar-refractivity contribution in [2.24, 2.45) is 5.92 Å². The van der Waals surface area contributed by atoms with Crippen LogP contribution in [0, 0.1) is 26.7 Å². The molecule has 6 heteroatoms. The number of carbonyl (C=O) groups excluding carboxylic acids is 2. The van der Waals surface area contributed by atoms with Gasteiger partial charge in [-0.1, -0.05) is 29.8 Å². The third-order valence-electron chi connectivity index (χ3n) is 6.72. The summed E-state index contributed by atoms with van der Waals surface area (Å²) in [5, 5.41) is 4.37. The zero-order chi connectivity index (χ0) is 21.2. The number of hydrogen-bond donors (Lipinski definition) is 0. The second-order valence-corrected chi connectivity index (χ2v) is 8.63. The smallest absolute Gasteiger partial charge is 0.253 e. The van der Waals surface area contributed by atoms with E-state index in [0.29, 0.717) is 0 Å². The van der Waals surface area contributed by atoms with Crippen molar-refractivity contribution < 1.29 is 14.3 Å². The van der Waals surface area contributed by atoms with Crippen LogP contribution in [0.25, 0.3) is 0 Å². The monoisotopic (exact) mass is 405 g/mol. The Bertz CT molecular complexity index is 1010. The van der Waals surface area contributed by atoms with Gasteiger partial charge in [-0.2, -0.15) is 0 Å². The summed E-state index contributed by atoms with van der Waals surface area (Å²) in [4.78, 5) is 28.8. The number of methoxy groups -OCH3 is 1. The number of hydrogen-bond acceptors (Lipinski definition) is 5. The molecule has 0 bridgehead atoms. The summed E-state index contributed by atoms with van der Waals surface area (Å²) in [6.45, 7) is 7.67. The SMILES string of the molecule is COc1ccc([C@H]2[C@H]3C(=O)N(c4c(C)cc(C)cc4C)C(=O)[C@@H]3N3CCCN23)cc1. The molecule has 156 valence electrons. The molecule has 0 N–H and O–H groups in total. The maximum absolute atomic E-state index is 13.8. The second-order valence-electron chi connectivity index (χ2n) is 8.63. The summed E-state index contributed by atoms with van der Waals surface area (Å²) in [6.07, 6.45) is 1.000. The molecule has 0 spiro atoms. The number of rotatable bonds is 3. The number of benzene rings is 2. The van der Waals surface area contributed by atoms with Gasteiger partial charge >= 0.3 is 0 Å². The predicted molar refractivity (Wildman–Crippen MR) is 114 cm³/mol. The van der Waals surface area contributed by atoms with Crippen LogP contribution in [0.2, 0.25) is 0 Å². The van der Waals surface area contributed by atoms with E-state index in [-0.39, 0.29) is 17.9 Å². The summed E-state index contributed by atoms with van der Waals surface area (Å²) >= 11 is 0. The quantitative estimate of drug-likeness (QED) is 0.735. The number of nitrogens with zero attached hydrogens (tertiary/aromatic N) is 3. The van der Waals surface area contributed by atoms with Crippen LogP contribution in [0.4, 0.5) is 5.69 Å². The molecule has 3 fully saturated rings. The first-order valence-electron chi connectivity index (χ1n) is 10.5. The lowest BCUT2D eigenvalue weighted by molar-refractivity contribution is -0.126. The Morgan fingerprint density at radius 1 is 0.867 bits per heavy atom. The van der Waals surface area contributed by atoms with E-state index in [1.165, 1.54) is 4.90 Å². The molecule has 3 aliphatic rings. The third-order valence-corrected chi connectivity index (χ3v) is 6.72. The van der Waals surface area contributed by atoms with Gasteiger partial charge in [-0.25, -0.2) is 14.9 Å². The van der Waals surface area contributed by atoms with Crippen molar-refractivity contribution in [3.8, 4) is 5.75 Å². The van der Waals surface area contributed by atoms with E-state index in [9.17, 15) is 9.59 Å². The zero-order valence-electron chi connectivity index (χ0n) is 17.9. The summed E-state index contributed by atoms with van der Waals surface area (Å²) in [5.74, 6) is 0.206. The fraction of sp³-hybridized carbons (Fsp3) is 0.417. The highest BCUT2D eigenvalue weighted by atomic mass is 16.5. The van der Waals surface area contributed by atoms with Crippen LogP contribution in [-0.2, 0) is 9.59 Å². The van der Waals surface area contributed by atoms with Gasteiger partial charge in [-0.15, -0.1) is 0 Å². The molecule has 0 aliphatic carbocycles. The Balaban J connectivity index is 1.59. The highest BCUT2D eigenvalue weighted by Gasteiger charge is 2.63. The normalized spacial score (nSPS) is 26.4. The number of aryl methyl sites for hydroxylation is 3. The molecule has 0 saturated carbocycles. The molecule has 0 unspecified atom stereocenters. The molecule has 3 atom stereocenters. The number of fused-ring (bicyclic) bond motifs is 3. The molecule has 0 radical (unpaired) electrons. The fourth-order valence-electron chi connectivity index (χ4n) is 5.66. The number of anilines is 1. The van der Waals surface area contributed by atoms with E-state index in [4.69, 9.17) is 4.74 Å². The number of amides is 2. The molecule has 5 rings (SSSR count). The summed E-state index contributed by atoms with van der Waals surface area (Å²) in [6, 6.07) is 11.4. The lowest BCUT2D eigenvalue weighted by atomic mass is 9.90. The molecule has 6 nitrogen and oxygen atoms in total. The molecule has 0 aromatic heterocycles. The van der Waals surface area contributed by atoms with Crippen molar-refractivity contribution in [2.75, 3.05) is 25.1 Å². The Kier molecular flexibility index (Phi) is 4.45. The van der Waals surface area contributed by atoms with Crippen molar-refractivity contribution in [2.45, 2.75) is 39.3 Å². The highest BCUT2D eigenvalue weighted by molar-refractivity contribution is 6.24. The van der Waals surface area contributed by atoms with Gasteiger partial charge in [0.05, 0.1) is 24.8 Å². The standard InChI is InChI=1S/C24H27N3O3/c1-14-12-15(2)20(16(3)13-14)27-23(28)19-21(17-6-8-18(30-4)9-7-17)25-10-5-11-26(25)22(19)24(27)29/h6-9,12-13,19,21-22H,5,10-11H2,1-4H3/t19-,21+,22-/m1/s1. The van der Waals surface area contributed by atoms with Crippen molar-refractivity contribution in [3.63, 3.8) is 0 Å². The topological polar surface area (TPSA) is 53.1 Å². The van der Waals surface area contributed by atoms with E-state index in [1.54, 1.807) is 7.11 Å². The van der Waals surface area contributed by atoms with E-state index < -0.39 is 12.0 Å². The lowest BCUT2D eigenvalue weighted by Gasteiger charge is -2.30. The summed E-state index contributed by atoms with van der Waals surface area (Å²) in [5.41, 5.74) is 4.87. The molecule has 3 aliphatic heterocycles. The van der Waals surface area contributed by atoms with Gasteiger partial charge in [0.2, 0.25) is 5.91 Å². The summed E-state index contributed by atoms with van der Waals surface area (Å²) in [7, 11) is 1.64. The van der Waals surface area contributed by atoms with E-state index >= 15 is 0 Å². The molecule has 3 heterocycles. The molecular weight excluding hydrogens is 378 g/mol. The molecule has 3 saturated heterocycles. The van der Waals surface area contributed by atoms with Gasteiger partial charge in [0, 0.05) is 13.1 Å². The van der Waals surface area contributed by atoms with Gasteiger partial charge in [-0.3, -0.25) is 9.59 Å². The number of hydrazine groups is 1. The lowest BCUT2D eigenvalue weighted by Crippen LogP contribution is -2.44. The Labute approximate surface area is 177 Å².